The number of benzene rings is 3. The van der Waals surface area contributed by atoms with E-state index in [4.69, 9.17) is 11.6 Å². The van der Waals surface area contributed by atoms with Gasteiger partial charge < -0.3 is 10.2 Å². The molecule has 3 aromatic rings. The summed E-state index contributed by atoms with van der Waals surface area (Å²) < 4.78 is 28.8. The highest BCUT2D eigenvalue weighted by molar-refractivity contribution is 7.92. The Bertz CT molecular complexity index is 1410. The molecule has 0 radical (unpaired) electrons. The first-order chi connectivity index (χ1) is 17.9. The predicted molar refractivity (Wildman–Crippen MR) is 152 cm³/mol. The molecule has 0 aliphatic heterocycles. The number of carbonyl (C=O) groups excluding carboxylic acids is 2. The Morgan fingerprint density at radius 3 is 2.24 bits per heavy atom. The number of sulfonamides is 1. The van der Waals surface area contributed by atoms with E-state index in [0.717, 1.165) is 26.6 Å². The molecule has 1 atom stereocenters. The lowest BCUT2D eigenvalue weighted by molar-refractivity contribution is -0.139. The zero-order chi connectivity index (χ0) is 28.0. The third kappa shape index (κ3) is 6.94. The van der Waals surface area contributed by atoms with Crippen LogP contribution in [0.1, 0.15) is 36.1 Å². The summed E-state index contributed by atoms with van der Waals surface area (Å²) in [6, 6.07) is 17.9. The molecular weight excluding hydrogens is 522 g/mol. The average molecular weight is 556 g/mol. The van der Waals surface area contributed by atoms with Crippen LogP contribution in [0.25, 0.3) is 0 Å². The first-order valence-electron chi connectivity index (χ1n) is 12.4. The number of amides is 2. The Labute approximate surface area is 230 Å². The number of likely N-dealkylation sites (N-methyl/N-ethyl adjacent to an activating group) is 1. The Morgan fingerprint density at radius 1 is 0.947 bits per heavy atom. The largest absolute Gasteiger partial charge is 0.355 e. The van der Waals surface area contributed by atoms with Crippen molar-refractivity contribution in [3.05, 3.63) is 94.0 Å². The predicted octanol–water partition coefficient (Wildman–Crippen LogP) is 5.01. The molecular formula is C29H34ClN3O4S. The van der Waals surface area contributed by atoms with E-state index in [9.17, 15) is 18.0 Å². The summed E-state index contributed by atoms with van der Waals surface area (Å²) >= 11 is 6.16. The van der Waals surface area contributed by atoms with Crippen LogP contribution < -0.4 is 9.62 Å². The molecule has 0 aliphatic carbocycles. The number of hydrogen-bond acceptors (Lipinski definition) is 4. The second kappa shape index (κ2) is 12.5. The smallest absolute Gasteiger partial charge is 0.264 e. The van der Waals surface area contributed by atoms with E-state index < -0.39 is 28.5 Å². The molecule has 3 aromatic carbocycles. The molecule has 0 saturated heterocycles. The minimum Gasteiger partial charge on any atom is -0.355 e. The van der Waals surface area contributed by atoms with Crippen molar-refractivity contribution < 1.29 is 18.0 Å². The Kier molecular flexibility index (Phi) is 9.57. The zero-order valence-electron chi connectivity index (χ0n) is 22.4. The summed E-state index contributed by atoms with van der Waals surface area (Å²) in [6.07, 6.45) is 0. The van der Waals surface area contributed by atoms with Gasteiger partial charge in [0.2, 0.25) is 11.8 Å². The maximum atomic E-state index is 13.9. The molecule has 9 heteroatoms. The highest BCUT2D eigenvalue weighted by Gasteiger charge is 2.32. The van der Waals surface area contributed by atoms with Crippen LogP contribution in [0.15, 0.2) is 71.6 Å². The van der Waals surface area contributed by atoms with Gasteiger partial charge in [-0.1, -0.05) is 47.5 Å². The molecule has 38 heavy (non-hydrogen) atoms. The van der Waals surface area contributed by atoms with Gasteiger partial charge >= 0.3 is 0 Å². The van der Waals surface area contributed by atoms with Crippen LogP contribution >= 0.6 is 11.6 Å². The van der Waals surface area contributed by atoms with E-state index in [2.05, 4.69) is 5.32 Å². The molecule has 3 rings (SSSR count). The molecule has 0 aliphatic rings. The van der Waals surface area contributed by atoms with E-state index in [1.54, 1.807) is 62.4 Å². The van der Waals surface area contributed by atoms with Crippen LogP contribution in [0.2, 0.25) is 5.02 Å². The molecule has 0 bridgehead atoms. The summed E-state index contributed by atoms with van der Waals surface area (Å²) in [6.45, 7) is 9.12. The number of hydrogen-bond donors (Lipinski definition) is 1. The third-order valence-electron chi connectivity index (χ3n) is 6.43. The molecule has 1 unspecified atom stereocenters. The highest BCUT2D eigenvalue weighted by Crippen LogP contribution is 2.27. The molecule has 0 spiro atoms. The van der Waals surface area contributed by atoms with Crippen molar-refractivity contribution >= 4 is 39.1 Å². The van der Waals surface area contributed by atoms with Gasteiger partial charge in [-0.3, -0.25) is 13.9 Å². The Hall–Kier alpha value is -3.36. The molecule has 0 heterocycles. The van der Waals surface area contributed by atoms with Gasteiger partial charge in [-0.15, -0.1) is 0 Å². The van der Waals surface area contributed by atoms with Crippen molar-refractivity contribution in [2.75, 3.05) is 17.4 Å². The summed E-state index contributed by atoms with van der Waals surface area (Å²) in [5, 5.41) is 3.25. The quantitative estimate of drug-likeness (QED) is 0.381. The van der Waals surface area contributed by atoms with Gasteiger partial charge in [-0.2, -0.15) is 0 Å². The molecule has 0 fully saturated rings. The van der Waals surface area contributed by atoms with Crippen LogP contribution in [-0.4, -0.2) is 44.3 Å². The van der Waals surface area contributed by atoms with Crippen LogP contribution in [0.5, 0.6) is 0 Å². The molecule has 1 N–H and O–H groups in total. The lowest BCUT2D eigenvalue weighted by Gasteiger charge is -2.32. The molecule has 0 saturated carbocycles. The lowest BCUT2D eigenvalue weighted by Crippen LogP contribution is -2.51. The van der Waals surface area contributed by atoms with Gasteiger partial charge in [0, 0.05) is 18.1 Å². The third-order valence-corrected chi connectivity index (χ3v) is 8.45. The van der Waals surface area contributed by atoms with Crippen molar-refractivity contribution in [3.63, 3.8) is 0 Å². The van der Waals surface area contributed by atoms with E-state index in [1.165, 1.54) is 17.0 Å². The number of aryl methyl sites for hydroxylation is 3. The fourth-order valence-electron chi connectivity index (χ4n) is 3.98. The maximum absolute atomic E-state index is 13.9. The van der Waals surface area contributed by atoms with Gasteiger partial charge in [-0.05, 0) is 87.7 Å². The van der Waals surface area contributed by atoms with Crippen LogP contribution in [0.3, 0.4) is 0 Å². The normalized spacial score (nSPS) is 12.1. The first-order valence-corrected chi connectivity index (χ1v) is 14.2. The summed E-state index contributed by atoms with van der Waals surface area (Å²) in [5.74, 6) is -0.848. The van der Waals surface area contributed by atoms with Gasteiger partial charge in [-0.25, -0.2) is 8.42 Å². The molecule has 2 amide bonds. The van der Waals surface area contributed by atoms with Crippen LogP contribution in [-0.2, 0) is 26.2 Å². The lowest BCUT2D eigenvalue weighted by atomic mass is 10.1. The number of halogens is 1. The van der Waals surface area contributed by atoms with Gasteiger partial charge in [0.1, 0.15) is 12.6 Å². The summed E-state index contributed by atoms with van der Waals surface area (Å²) in [7, 11) is -4.10. The number of nitrogens with zero attached hydrogens (tertiary/aromatic N) is 2. The number of carbonyl (C=O) groups is 2. The second-order valence-corrected chi connectivity index (χ2v) is 11.6. The van der Waals surface area contributed by atoms with E-state index in [0.29, 0.717) is 17.3 Å². The molecule has 7 nitrogen and oxygen atoms in total. The standard InChI is InChI=1S/C29H34ClN3O4S/c1-6-31-29(35)23(5)32(18-24-8-7-9-25(30)17-24)28(34)19-33(26-13-12-21(3)22(4)16-26)38(36,37)27-14-10-20(2)11-15-27/h7-17,23H,6,18-19H2,1-5H3,(H,31,35). The van der Waals surface area contributed by atoms with Crippen molar-refractivity contribution in [1.29, 1.82) is 0 Å². The van der Waals surface area contributed by atoms with Gasteiger partial charge in [0.05, 0.1) is 10.6 Å². The van der Waals surface area contributed by atoms with E-state index in [1.807, 2.05) is 26.8 Å². The number of nitrogens with one attached hydrogen (secondary N) is 1. The highest BCUT2D eigenvalue weighted by atomic mass is 35.5. The van der Waals surface area contributed by atoms with E-state index >= 15 is 0 Å². The SMILES string of the molecule is CCNC(=O)C(C)N(Cc1cccc(Cl)c1)C(=O)CN(c1ccc(C)c(C)c1)S(=O)(=O)c1ccc(C)cc1. The van der Waals surface area contributed by atoms with Crippen molar-refractivity contribution in [3.8, 4) is 0 Å². The summed E-state index contributed by atoms with van der Waals surface area (Å²) in [5.41, 5.74) is 3.91. The monoisotopic (exact) mass is 555 g/mol. The van der Waals surface area contributed by atoms with Crippen molar-refractivity contribution in [2.45, 2.75) is 52.1 Å². The number of rotatable bonds is 10. The minimum atomic E-state index is -4.10. The van der Waals surface area contributed by atoms with E-state index in [-0.39, 0.29) is 17.3 Å². The maximum Gasteiger partial charge on any atom is 0.264 e. The zero-order valence-corrected chi connectivity index (χ0v) is 23.9. The fraction of sp³-hybridized carbons (Fsp3) is 0.310. The summed E-state index contributed by atoms with van der Waals surface area (Å²) in [4.78, 5) is 28.1. The Balaban J connectivity index is 2.06. The van der Waals surface area contributed by atoms with Crippen molar-refractivity contribution in [1.82, 2.24) is 10.2 Å². The van der Waals surface area contributed by atoms with Crippen LogP contribution in [0, 0.1) is 20.8 Å². The average Bonchev–Trinajstić information content (AvgIpc) is 2.87. The molecule has 202 valence electrons. The van der Waals surface area contributed by atoms with Crippen LogP contribution in [0.4, 0.5) is 5.69 Å². The second-order valence-electron chi connectivity index (χ2n) is 9.32. The topological polar surface area (TPSA) is 86.8 Å². The number of anilines is 1. The molecule has 0 aromatic heterocycles. The van der Waals surface area contributed by atoms with Crippen molar-refractivity contribution in [2.24, 2.45) is 0 Å². The van der Waals surface area contributed by atoms with Gasteiger partial charge in [0.15, 0.2) is 0 Å². The van der Waals surface area contributed by atoms with Gasteiger partial charge in [0.25, 0.3) is 10.0 Å². The first kappa shape index (κ1) is 29.2. The minimum absolute atomic E-state index is 0.0762. The Morgan fingerprint density at radius 2 is 1.63 bits per heavy atom. The fourth-order valence-corrected chi connectivity index (χ4v) is 5.60.